The van der Waals surface area contributed by atoms with Crippen molar-refractivity contribution in [3.05, 3.63) is 74.7 Å². The fourth-order valence-electron chi connectivity index (χ4n) is 8.14. The fourth-order valence-corrected chi connectivity index (χ4v) is 8.14. The molecule has 3 amide bonds. The molecule has 12 heteroatoms. The van der Waals surface area contributed by atoms with Gasteiger partial charge in [-0.1, -0.05) is 12.1 Å². The van der Waals surface area contributed by atoms with Crippen LogP contribution in [0.15, 0.2) is 41.2 Å². The van der Waals surface area contributed by atoms with Crippen molar-refractivity contribution in [1.29, 1.82) is 0 Å². The Morgan fingerprint density at radius 2 is 1.74 bits per heavy atom. The number of aromatic amines is 1. The van der Waals surface area contributed by atoms with E-state index in [-0.39, 0.29) is 36.1 Å². The molecule has 0 aliphatic carbocycles. The first-order valence-electron chi connectivity index (χ1n) is 18.6. The molecule has 3 aliphatic rings. The van der Waals surface area contributed by atoms with Crippen LogP contribution in [0.1, 0.15) is 86.1 Å². The molecule has 53 heavy (non-hydrogen) atoms. The molecule has 2 aromatic carbocycles. The van der Waals surface area contributed by atoms with Gasteiger partial charge in [0, 0.05) is 68.6 Å². The smallest absolute Gasteiger partial charge is 0.410 e. The van der Waals surface area contributed by atoms with Gasteiger partial charge in [-0.25, -0.2) is 4.79 Å². The molecule has 0 unspecified atom stereocenters. The van der Waals surface area contributed by atoms with Crippen LogP contribution in [0.25, 0.3) is 11.1 Å². The third-order valence-corrected chi connectivity index (χ3v) is 11.0. The van der Waals surface area contributed by atoms with Gasteiger partial charge >= 0.3 is 6.09 Å². The van der Waals surface area contributed by atoms with Crippen LogP contribution in [0.3, 0.4) is 0 Å². The first-order chi connectivity index (χ1) is 25.2. The minimum Gasteiger partial charge on any atom is -0.496 e. The van der Waals surface area contributed by atoms with Crippen molar-refractivity contribution < 1.29 is 28.6 Å². The molecule has 6 rings (SSSR count). The highest BCUT2D eigenvalue weighted by atomic mass is 16.6. The van der Waals surface area contributed by atoms with Gasteiger partial charge in [-0.05, 0) is 114 Å². The van der Waals surface area contributed by atoms with Crippen LogP contribution in [0.4, 0.5) is 16.2 Å². The second-order valence-corrected chi connectivity index (χ2v) is 15.5. The summed E-state index contributed by atoms with van der Waals surface area (Å²) in [6, 6.07) is 12.2. The van der Waals surface area contributed by atoms with Gasteiger partial charge in [0.05, 0.1) is 24.6 Å². The molecular formula is C41H53N5O7. The average molecular weight is 728 g/mol. The lowest BCUT2D eigenvalue weighted by atomic mass is 9.73. The van der Waals surface area contributed by atoms with E-state index < -0.39 is 11.0 Å². The molecule has 12 nitrogen and oxygen atoms in total. The number of carbonyl (C=O) groups excluding carboxylic acids is 3. The molecule has 0 bridgehead atoms. The third kappa shape index (κ3) is 7.38. The number of fused-ring (bicyclic) bond motifs is 2. The molecule has 4 heterocycles. The number of rotatable bonds is 8. The number of carbonyl (C=O) groups is 3. The maximum absolute atomic E-state index is 14.1. The Labute approximate surface area is 311 Å². The molecule has 1 aromatic heterocycles. The third-order valence-electron chi connectivity index (χ3n) is 11.0. The van der Waals surface area contributed by atoms with Crippen LogP contribution in [-0.2, 0) is 26.2 Å². The summed E-state index contributed by atoms with van der Waals surface area (Å²) in [5, 5.41) is 2.98. The minimum absolute atomic E-state index is 0.00668. The number of anilines is 2. The number of benzene rings is 2. The number of H-pyrrole nitrogens is 1. The predicted octanol–water partition coefficient (Wildman–Crippen LogP) is 5.85. The summed E-state index contributed by atoms with van der Waals surface area (Å²) in [5.41, 5.74) is 5.19. The van der Waals surface area contributed by atoms with Crippen LogP contribution in [-0.4, -0.2) is 86.4 Å². The zero-order valence-corrected chi connectivity index (χ0v) is 32.3. The number of likely N-dealkylation sites (tertiary alicyclic amines) is 1. The van der Waals surface area contributed by atoms with E-state index in [2.05, 4.69) is 28.2 Å². The Morgan fingerprint density at radius 1 is 1.04 bits per heavy atom. The Bertz CT molecular complexity index is 1950. The lowest BCUT2D eigenvalue weighted by Gasteiger charge is -2.38. The minimum atomic E-state index is -0.721. The number of hydrogen-bond donors (Lipinski definition) is 2. The summed E-state index contributed by atoms with van der Waals surface area (Å²) in [5.74, 6) is 0.135. The largest absolute Gasteiger partial charge is 0.496 e. The van der Waals surface area contributed by atoms with Crippen molar-refractivity contribution in [3.63, 3.8) is 0 Å². The molecule has 284 valence electrons. The van der Waals surface area contributed by atoms with E-state index in [4.69, 9.17) is 14.2 Å². The van der Waals surface area contributed by atoms with Gasteiger partial charge < -0.3 is 39.2 Å². The van der Waals surface area contributed by atoms with Crippen LogP contribution in [0.5, 0.6) is 5.75 Å². The van der Waals surface area contributed by atoms with Gasteiger partial charge in [-0.2, -0.15) is 0 Å². The van der Waals surface area contributed by atoms with Gasteiger partial charge in [0.15, 0.2) is 0 Å². The van der Waals surface area contributed by atoms with E-state index in [1.165, 1.54) is 7.11 Å². The van der Waals surface area contributed by atoms with E-state index >= 15 is 0 Å². The van der Waals surface area contributed by atoms with E-state index in [0.717, 1.165) is 53.0 Å². The summed E-state index contributed by atoms with van der Waals surface area (Å²) < 4.78 is 16.8. The molecule has 2 fully saturated rings. The zero-order chi connectivity index (χ0) is 38.2. The average Bonchev–Trinajstić information content (AvgIpc) is 3.32. The summed E-state index contributed by atoms with van der Waals surface area (Å²) >= 11 is 0. The lowest BCUT2D eigenvalue weighted by Crippen LogP contribution is -2.50. The number of likely N-dealkylation sites (N-methyl/N-ethyl adjacent to an activating group) is 1. The molecule has 2 N–H and O–H groups in total. The number of aryl methyl sites for hydroxylation is 1. The topological polar surface area (TPSA) is 134 Å². The normalized spacial score (nSPS) is 17.2. The molecule has 0 atom stereocenters. The molecule has 0 saturated carbocycles. The molecule has 3 aromatic rings. The lowest BCUT2D eigenvalue weighted by molar-refractivity contribution is -0.124. The van der Waals surface area contributed by atoms with E-state index in [9.17, 15) is 19.2 Å². The quantitative estimate of drug-likeness (QED) is 0.296. The van der Waals surface area contributed by atoms with Gasteiger partial charge in [-0.15, -0.1) is 0 Å². The molecule has 3 aliphatic heterocycles. The van der Waals surface area contributed by atoms with Crippen molar-refractivity contribution in [3.8, 4) is 16.9 Å². The molecular weight excluding hydrogens is 674 g/mol. The molecule has 1 spiro atoms. The molecule has 0 radical (unpaired) electrons. The number of amides is 3. The van der Waals surface area contributed by atoms with E-state index in [1.54, 1.807) is 22.8 Å². The SMILES string of the molecule is CCN(c1cc(-c2ccc3c(c2)N(C)C(=O)C32CCN(C(=O)OC(C)(C)C)CC2)cc(C(=O)NCc2c(OC)cc(C)[nH]c2=O)c1C)C1CCOCC1. The van der Waals surface area contributed by atoms with Gasteiger partial charge in [0.2, 0.25) is 5.91 Å². The summed E-state index contributed by atoms with van der Waals surface area (Å²) in [4.78, 5) is 62.3. The van der Waals surface area contributed by atoms with Crippen molar-refractivity contribution in [2.24, 2.45) is 0 Å². The number of piperidine rings is 1. The Hall–Kier alpha value is -4.84. The monoisotopic (exact) mass is 727 g/mol. The van der Waals surface area contributed by atoms with Crippen LogP contribution >= 0.6 is 0 Å². The Kier molecular flexibility index (Phi) is 10.6. The summed E-state index contributed by atoms with van der Waals surface area (Å²) in [7, 11) is 3.32. The van der Waals surface area contributed by atoms with Crippen molar-refractivity contribution in [1.82, 2.24) is 15.2 Å². The number of nitrogens with one attached hydrogen (secondary N) is 2. The van der Waals surface area contributed by atoms with Crippen LogP contribution < -0.4 is 25.4 Å². The first kappa shape index (κ1) is 37.9. The second kappa shape index (κ2) is 14.9. The summed E-state index contributed by atoms with van der Waals surface area (Å²) in [6.07, 6.45) is 2.42. The van der Waals surface area contributed by atoms with Gasteiger partial charge in [0.1, 0.15) is 11.4 Å². The van der Waals surface area contributed by atoms with Crippen molar-refractivity contribution >= 4 is 29.3 Å². The number of hydrogen-bond acceptors (Lipinski definition) is 8. The number of pyridine rings is 1. The second-order valence-electron chi connectivity index (χ2n) is 15.5. The number of aromatic nitrogens is 1. The van der Waals surface area contributed by atoms with Gasteiger partial charge in [0.25, 0.3) is 11.5 Å². The highest BCUT2D eigenvalue weighted by Gasteiger charge is 2.51. The van der Waals surface area contributed by atoms with E-state index in [0.29, 0.717) is 61.7 Å². The Morgan fingerprint density at radius 3 is 2.38 bits per heavy atom. The maximum atomic E-state index is 14.1. The zero-order valence-electron chi connectivity index (χ0n) is 32.3. The Balaban J connectivity index is 1.36. The highest BCUT2D eigenvalue weighted by molar-refractivity contribution is 6.08. The summed E-state index contributed by atoms with van der Waals surface area (Å²) in [6.45, 7) is 14.4. The fraction of sp³-hybridized carbons (Fsp3) is 0.512. The number of methoxy groups -OCH3 is 1. The maximum Gasteiger partial charge on any atom is 0.410 e. The van der Waals surface area contributed by atoms with Crippen molar-refractivity contribution in [2.45, 2.75) is 90.8 Å². The molecule has 2 saturated heterocycles. The number of nitrogens with zero attached hydrogens (tertiary/aromatic N) is 3. The standard InChI is InChI=1S/C41H53N5O7/c1-9-46(29-12-18-52-19-13-29)33-23-28(21-30(26(33)3)36(47)42-24-31-35(51-8)20-25(2)43-37(31)48)27-10-11-32-34(22-27)44(7)38(49)41(32)14-16-45(17-15-41)39(50)53-40(4,5)6/h10-11,20-23,29H,9,12-19,24H2,1-8H3,(H,42,47)(H,43,48). The van der Waals surface area contributed by atoms with Gasteiger partial charge in [-0.3, -0.25) is 14.4 Å². The van der Waals surface area contributed by atoms with Crippen LogP contribution in [0.2, 0.25) is 0 Å². The van der Waals surface area contributed by atoms with Crippen molar-refractivity contribution in [2.75, 3.05) is 56.8 Å². The predicted molar refractivity (Wildman–Crippen MR) is 205 cm³/mol. The number of ether oxygens (including phenoxy) is 3. The first-order valence-corrected chi connectivity index (χ1v) is 18.6. The van der Waals surface area contributed by atoms with Crippen LogP contribution in [0, 0.1) is 13.8 Å². The van der Waals surface area contributed by atoms with E-state index in [1.807, 2.05) is 59.0 Å². The highest BCUT2D eigenvalue weighted by Crippen LogP contribution is 2.49.